The van der Waals surface area contributed by atoms with E-state index in [1.165, 1.54) is 0 Å². The molecule has 1 aromatic heterocycles. The van der Waals surface area contributed by atoms with E-state index in [1.54, 1.807) is 0 Å². The lowest BCUT2D eigenvalue weighted by atomic mass is 10.1. The molecular weight excluding hydrogens is 260 g/mol. The van der Waals surface area contributed by atoms with Crippen LogP contribution in [0.1, 0.15) is 11.4 Å². The van der Waals surface area contributed by atoms with Crippen LogP contribution in [0.15, 0.2) is 24.3 Å². The Kier molecular flexibility index (Phi) is 4.22. The first-order valence-corrected chi connectivity index (χ1v) is 6.36. The molecule has 99 valence electrons. The lowest BCUT2D eigenvalue weighted by molar-refractivity contribution is 0.935. The molecule has 1 aromatic carbocycles. The molecule has 4 nitrogen and oxygen atoms in total. The van der Waals surface area contributed by atoms with Crippen molar-refractivity contribution in [1.82, 2.24) is 9.97 Å². The van der Waals surface area contributed by atoms with Crippen molar-refractivity contribution in [2.75, 3.05) is 31.4 Å². The van der Waals surface area contributed by atoms with Gasteiger partial charge in [0.05, 0.1) is 6.07 Å². The predicted octanol–water partition coefficient (Wildman–Crippen LogP) is 2.63. The van der Waals surface area contributed by atoms with Gasteiger partial charge in [-0.05, 0) is 17.7 Å². The first kappa shape index (κ1) is 13.6. The van der Waals surface area contributed by atoms with Gasteiger partial charge in [-0.2, -0.15) is 0 Å². The van der Waals surface area contributed by atoms with Crippen molar-refractivity contribution in [3.63, 3.8) is 0 Å². The molecular formula is C14H16ClN4. The highest BCUT2D eigenvalue weighted by molar-refractivity contribution is 6.29. The number of nitrogens with one attached hydrogen (secondary N) is 1. The molecule has 2 aromatic rings. The molecule has 1 heterocycles. The van der Waals surface area contributed by atoms with Crippen molar-refractivity contribution >= 4 is 23.1 Å². The summed E-state index contributed by atoms with van der Waals surface area (Å²) in [6.45, 7) is 0. The molecule has 0 aliphatic heterocycles. The fourth-order valence-corrected chi connectivity index (χ4v) is 1.85. The Balaban J connectivity index is 2.22. The monoisotopic (exact) mass is 275 g/mol. The molecule has 0 aliphatic rings. The zero-order valence-electron chi connectivity index (χ0n) is 11.2. The van der Waals surface area contributed by atoms with Gasteiger partial charge >= 0.3 is 0 Å². The second-order valence-corrected chi connectivity index (χ2v) is 4.76. The van der Waals surface area contributed by atoms with Crippen LogP contribution in [0.3, 0.4) is 0 Å². The summed E-state index contributed by atoms with van der Waals surface area (Å²) in [7, 11) is 5.70. The van der Waals surface area contributed by atoms with E-state index in [2.05, 4.69) is 33.5 Å². The molecule has 0 amide bonds. The molecule has 0 saturated heterocycles. The van der Waals surface area contributed by atoms with Gasteiger partial charge < -0.3 is 10.2 Å². The van der Waals surface area contributed by atoms with Crippen LogP contribution in [0, 0.1) is 6.07 Å². The van der Waals surface area contributed by atoms with Gasteiger partial charge in [-0.15, -0.1) is 0 Å². The van der Waals surface area contributed by atoms with Crippen LogP contribution in [0.25, 0.3) is 0 Å². The van der Waals surface area contributed by atoms with Crippen molar-refractivity contribution in [2.45, 2.75) is 6.42 Å². The standard InChI is InChI=1S/C14H16ClN4/c1-16-11-6-4-10(5-7-11)8-13-17-12(15)9-14(18-13)19(2)3/h4-7,16H,8H2,1-3H3. The highest BCUT2D eigenvalue weighted by Gasteiger charge is 2.06. The Morgan fingerprint density at radius 2 is 1.89 bits per heavy atom. The number of hydrogen-bond acceptors (Lipinski definition) is 4. The Morgan fingerprint density at radius 3 is 2.47 bits per heavy atom. The van der Waals surface area contributed by atoms with Gasteiger partial charge in [0.25, 0.3) is 0 Å². The van der Waals surface area contributed by atoms with Gasteiger partial charge in [-0.25, -0.2) is 9.97 Å². The third-order valence-electron chi connectivity index (χ3n) is 2.71. The average molecular weight is 276 g/mol. The third-order valence-corrected chi connectivity index (χ3v) is 2.88. The second kappa shape index (κ2) is 5.89. The number of rotatable bonds is 4. The summed E-state index contributed by atoms with van der Waals surface area (Å²) in [4.78, 5) is 10.5. The Bertz CT molecular complexity index is 552. The number of benzene rings is 1. The average Bonchev–Trinajstić information content (AvgIpc) is 2.39. The van der Waals surface area contributed by atoms with E-state index < -0.39 is 0 Å². The van der Waals surface area contributed by atoms with Crippen LogP contribution in [0.4, 0.5) is 11.5 Å². The van der Waals surface area contributed by atoms with Crippen LogP contribution in [-0.4, -0.2) is 31.1 Å². The smallest absolute Gasteiger partial charge is 0.143 e. The van der Waals surface area contributed by atoms with Crippen LogP contribution >= 0.6 is 11.6 Å². The highest BCUT2D eigenvalue weighted by Crippen LogP contribution is 2.16. The maximum absolute atomic E-state index is 5.96. The minimum absolute atomic E-state index is 0.348. The summed E-state index contributed by atoms with van der Waals surface area (Å²) in [5.41, 5.74) is 2.23. The van der Waals surface area contributed by atoms with Crippen molar-refractivity contribution in [3.05, 3.63) is 46.9 Å². The SMILES string of the molecule is CNc1ccc(Cc2nc(Cl)[c]c(N(C)C)n2)cc1. The van der Waals surface area contributed by atoms with E-state index >= 15 is 0 Å². The zero-order valence-corrected chi connectivity index (χ0v) is 12.0. The summed E-state index contributed by atoms with van der Waals surface area (Å²) in [6.07, 6.45) is 0.652. The Morgan fingerprint density at radius 1 is 1.21 bits per heavy atom. The molecule has 1 N–H and O–H groups in total. The van der Waals surface area contributed by atoms with Gasteiger partial charge in [0.2, 0.25) is 0 Å². The molecule has 0 bridgehead atoms. The third kappa shape index (κ3) is 3.58. The maximum Gasteiger partial charge on any atom is 0.143 e. The first-order valence-electron chi connectivity index (χ1n) is 5.98. The fourth-order valence-electron chi connectivity index (χ4n) is 1.67. The summed E-state index contributed by atoms with van der Waals surface area (Å²) in [5, 5.41) is 3.43. The molecule has 0 spiro atoms. The van der Waals surface area contributed by atoms with Crippen molar-refractivity contribution in [2.24, 2.45) is 0 Å². The van der Waals surface area contributed by atoms with Crippen LogP contribution in [0.2, 0.25) is 5.15 Å². The van der Waals surface area contributed by atoms with Gasteiger partial charge in [-0.3, -0.25) is 0 Å². The van der Waals surface area contributed by atoms with Crippen LogP contribution in [-0.2, 0) is 6.42 Å². The summed E-state index contributed by atoms with van der Waals surface area (Å²) >= 11 is 5.96. The normalized spacial score (nSPS) is 10.3. The minimum atomic E-state index is 0.348. The molecule has 0 atom stereocenters. The van der Waals surface area contributed by atoms with E-state index in [-0.39, 0.29) is 0 Å². The van der Waals surface area contributed by atoms with Gasteiger partial charge in [0, 0.05) is 33.3 Å². The molecule has 0 fully saturated rings. The number of hydrogen-bond donors (Lipinski definition) is 1. The van der Waals surface area contributed by atoms with Crippen molar-refractivity contribution < 1.29 is 0 Å². The topological polar surface area (TPSA) is 41.1 Å². The van der Waals surface area contributed by atoms with Gasteiger partial charge in [0.1, 0.15) is 16.8 Å². The Labute approximate surface area is 118 Å². The van der Waals surface area contributed by atoms with Gasteiger partial charge in [-0.1, -0.05) is 23.7 Å². The van der Waals surface area contributed by atoms with E-state index in [0.29, 0.717) is 23.2 Å². The van der Waals surface area contributed by atoms with Crippen molar-refractivity contribution in [1.29, 1.82) is 0 Å². The lowest BCUT2D eigenvalue weighted by Gasteiger charge is -2.12. The maximum atomic E-state index is 5.96. The number of anilines is 2. The van der Waals surface area contributed by atoms with E-state index in [1.807, 2.05) is 38.2 Å². The molecule has 1 radical (unpaired) electrons. The molecule has 0 unspecified atom stereocenters. The van der Waals surface area contributed by atoms with Crippen molar-refractivity contribution in [3.8, 4) is 0 Å². The van der Waals surface area contributed by atoms with E-state index in [0.717, 1.165) is 11.3 Å². The molecule has 0 saturated carbocycles. The molecule has 5 heteroatoms. The van der Waals surface area contributed by atoms with Gasteiger partial charge in [0.15, 0.2) is 0 Å². The highest BCUT2D eigenvalue weighted by atomic mass is 35.5. The van der Waals surface area contributed by atoms with E-state index in [4.69, 9.17) is 11.6 Å². The molecule has 2 rings (SSSR count). The quantitative estimate of drug-likeness (QED) is 0.871. The molecule has 19 heavy (non-hydrogen) atoms. The summed E-state index contributed by atoms with van der Waals surface area (Å²) in [6, 6.07) is 11.1. The predicted molar refractivity (Wildman–Crippen MR) is 79.0 cm³/mol. The zero-order chi connectivity index (χ0) is 13.8. The number of aromatic nitrogens is 2. The van der Waals surface area contributed by atoms with E-state index in [9.17, 15) is 0 Å². The largest absolute Gasteiger partial charge is 0.388 e. The summed E-state index contributed by atoms with van der Waals surface area (Å²) < 4.78 is 0. The Hall–Kier alpha value is -1.81. The van der Waals surface area contributed by atoms with Crippen LogP contribution < -0.4 is 10.2 Å². The molecule has 0 aliphatic carbocycles. The fraction of sp³-hybridized carbons (Fsp3) is 0.286. The number of nitrogens with zero attached hydrogens (tertiary/aromatic N) is 3. The second-order valence-electron chi connectivity index (χ2n) is 4.40. The summed E-state index contributed by atoms with van der Waals surface area (Å²) in [5.74, 6) is 1.39. The number of halogens is 1. The minimum Gasteiger partial charge on any atom is -0.388 e. The van der Waals surface area contributed by atoms with Crippen LogP contribution in [0.5, 0.6) is 0 Å². The lowest BCUT2D eigenvalue weighted by Crippen LogP contribution is -2.13. The first-order chi connectivity index (χ1) is 9.08.